The van der Waals surface area contributed by atoms with Crippen molar-refractivity contribution in [3.8, 4) is 0 Å². The van der Waals surface area contributed by atoms with Crippen molar-refractivity contribution in [2.45, 2.75) is 12.8 Å². The first-order chi connectivity index (χ1) is 7.72. The molecule has 3 nitrogen and oxygen atoms in total. The van der Waals surface area contributed by atoms with Gasteiger partial charge in [-0.3, -0.25) is 4.79 Å². The third-order valence-corrected chi connectivity index (χ3v) is 3.39. The normalized spacial score (nSPS) is 24.3. The lowest BCUT2D eigenvalue weighted by molar-refractivity contribution is -0.141. The van der Waals surface area contributed by atoms with E-state index in [1.54, 1.807) is 0 Å². The minimum absolute atomic E-state index is 0. The number of carbonyl (C=O) groups is 1. The Morgan fingerprint density at radius 2 is 2.00 bits per heavy atom. The molecule has 4 heteroatoms. The second-order valence-corrected chi connectivity index (χ2v) is 4.31. The fourth-order valence-corrected chi connectivity index (χ4v) is 2.43. The first-order valence-corrected chi connectivity index (χ1v) is 5.72. The number of hydrogen-bond acceptors (Lipinski definition) is 2. The Morgan fingerprint density at radius 1 is 1.35 bits per heavy atom. The number of halogens is 1. The number of benzene rings is 1. The predicted octanol–water partition coefficient (Wildman–Crippen LogP) is 2.23. The predicted molar refractivity (Wildman–Crippen MR) is 69.7 cm³/mol. The monoisotopic (exact) mass is 255 g/mol. The van der Waals surface area contributed by atoms with Gasteiger partial charge in [-0.2, -0.15) is 0 Å². The fraction of sp³-hybridized carbons (Fsp3) is 0.462. The van der Waals surface area contributed by atoms with Crippen LogP contribution in [0.1, 0.15) is 18.4 Å². The number of carboxylic acid groups (broad SMARTS) is 1. The maximum atomic E-state index is 11.2. The van der Waals surface area contributed by atoms with Crippen LogP contribution in [-0.4, -0.2) is 35.6 Å². The highest BCUT2D eigenvalue weighted by Crippen LogP contribution is 2.32. The topological polar surface area (TPSA) is 40.5 Å². The van der Waals surface area contributed by atoms with Gasteiger partial charge in [0.1, 0.15) is 0 Å². The maximum absolute atomic E-state index is 11.2. The zero-order chi connectivity index (χ0) is 11.5. The minimum atomic E-state index is -0.676. The van der Waals surface area contributed by atoms with E-state index in [2.05, 4.69) is 11.8 Å². The van der Waals surface area contributed by atoms with E-state index >= 15 is 0 Å². The molecule has 1 aliphatic heterocycles. The van der Waals surface area contributed by atoms with E-state index in [4.69, 9.17) is 0 Å². The van der Waals surface area contributed by atoms with Gasteiger partial charge in [-0.1, -0.05) is 37.3 Å². The van der Waals surface area contributed by atoms with E-state index in [0.717, 1.165) is 18.7 Å². The molecule has 0 aliphatic carbocycles. The summed E-state index contributed by atoms with van der Waals surface area (Å²) < 4.78 is 0. The molecule has 0 radical (unpaired) electrons. The molecular weight excluding hydrogens is 238 g/mol. The summed E-state index contributed by atoms with van der Waals surface area (Å²) >= 11 is 0. The molecule has 1 aromatic carbocycles. The molecule has 0 saturated carbocycles. The summed E-state index contributed by atoms with van der Waals surface area (Å²) in [5, 5.41) is 9.23. The summed E-state index contributed by atoms with van der Waals surface area (Å²) in [5.41, 5.74) is 1.14. The van der Waals surface area contributed by atoms with Crippen LogP contribution < -0.4 is 0 Å². The van der Waals surface area contributed by atoms with Gasteiger partial charge in [-0.25, -0.2) is 0 Å². The standard InChI is InChI=1S/C13H17NO2.ClH/c1-2-14-8-11(12(9-14)13(15)16)10-6-4-3-5-7-10;/h3-7,11-12H,2,8-9H2,1H3,(H,15,16);1H/t11-,12+;/m0./s1. The highest BCUT2D eigenvalue weighted by atomic mass is 35.5. The third kappa shape index (κ3) is 2.99. The van der Waals surface area contributed by atoms with Crippen LogP contribution in [0.2, 0.25) is 0 Å². The van der Waals surface area contributed by atoms with Gasteiger partial charge in [0.25, 0.3) is 0 Å². The molecule has 1 saturated heterocycles. The number of aliphatic carboxylic acids is 1. The number of likely N-dealkylation sites (N-methyl/N-ethyl adjacent to an activating group) is 1. The summed E-state index contributed by atoms with van der Waals surface area (Å²) in [6.07, 6.45) is 0. The van der Waals surface area contributed by atoms with Crippen molar-refractivity contribution in [1.82, 2.24) is 4.90 Å². The fourth-order valence-electron chi connectivity index (χ4n) is 2.43. The first kappa shape index (κ1) is 14.0. The van der Waals surface area contributed by atoms with Crippen LogP contribution in [0.4, 0.5) is 0 Å². The first-order valence-electron chi connectivity index (χ1n) is 5.72. The minimum Gasteiger partial charge on any atom is -0.481 e. The van der Waals surface area contributed by atoms with Crippen molar-refractivity contribution in [2.24, 2.45) is 5.92 Å². The van der Waals surface area contributed by atoms with Crippen LogP contribution in [0.25, 0.3) is 0 Å². The summed E-state index contributed by atoms with van der Waals surface area (Å²) in [7, 11) is 0. The molecule has 17 heavy (non-hydrogen) atoms. The molecule has 0 bridgehead atoms. The Balaban J connectivity index is 0.00000144. The van der Waals surface area contributed by atoms with Gasteiger partial charge in [0.2, 0.25) is 0 Å². The lowest BCUT2D eigenvalue weighted by atomic mass is 9.89. The van der Waals surface area contributed by atoms with Gasteiger partial charge in [0.05, 0.1) is 5.92 Å². The zero-order valence-corrected chi connectivity index (χ0v) is 10.7. The molecule has 0 aromatic heterocycles. The smallest absolute Gasteiger partial charge is 0.308 e. The molecule has 2 rings (SSSR count). The van der Waals surface area contributed by atoms with Crippen LogP contribution in [-0.2, 0) is 4.79 Å². The number of nitrogens with zero attached hydrogens (tertiary/aromatic N) is 1. The van der Waals surface area contributed by atoms with Crippen LogP contribution in [0.3, 0.4) is 0 Å². The molecule has 0 unspecified atom stereocenters. The Bertz CT molecular complexity index is 369. The van der Waals surface area contributed by atoms with Crippen molar-refractivity contribution in [3.05, 3.63) is 35.9 Å². The lowest BCUT2D eigenvalue weighted by Crippen LogP contribution is -2.23. The summed E-state index contributed by atoms with van der Waals surface area (Å²) in [5.74, 6) is -0.800. The highest BCUT2D eigenvalue weighted by Gasteiger charge is 2.37. The molecule has 0 amide bonds. The van der Waals surface area contributed by atoms with Crippen LogP contribution in [0, 0.1) is 5.92 Å². The lowest BCUT2D eigenvalue weighted by Gasteiger charge is -2.14. The average Bonchev–Trinajstić information content (AvgIpc) is 2.74. The van der Waals surface area contributed by atoms with Gasteiger partial charge < -0.3 is 10.0 Å². The second-order valence-electron chi connectivity index (χ2n) is 4.31. The van der Waals surface area contributed by atoms with Crippen LogP contribution in [0.15, 0.2) is 30.3 Å². The number of hydrogen-bond donors (Lipinski definition) is 1. The zero-order valence-electron chi connectivity index (χ0n) is 9.87. The van der Waals surface area contributed by atoms with Crippen molar-refractivity contribution in [3.63, 3.8) is 0 Å². The van der Waals surface area contributed by atoms with Crippen molar-refractivity contribution < 1.29 is 9.90 Å². The van der Waals surface area contributed by atoms with E-state index in [-0.39, 0.29) is 24.2 Å². The molecule has 1 aliphatic rings. The molecule has 1 aromatic rings. The van der Waals surface area contributed by atoms with Gasteiger partial charge in [0, 0.05) is 19.0 Å². The number of likely N-dealkylation sites (tertiary alicyclic amines) is 1. The molecule has 0 spiro atoms. The van der Waals surface area contributed by atoms with Crippen molar-refractivity contribution in [2.75, 3.05) is 19.6 Å². The highest BCUT2D eigenvalue weighted by molar-refractivity contribution is 5.85. The van der Waals surface area contributed by atoms with Crippen molar-refractivity contribution in [1.29, 1.82) is 0 Å². The maximum Gasteiger partial charge on any atom is 0.308 e. The molecule has 2 atom stereocenters. The molecule has 1 fully saturated rings. The number of carboxylic acids is 1. The largest absolute Gasteiger partial charge is 0.481 e. The summed E-state index contributed by atoms with van der Waals surface area (Å²) in [4.78, 5) is 13.4. The molecule has 1 heterocycles. The van der Waals surface area contributed by atoms with E-state index < -0.39 is 5.97 Å². The Labute approximate surface area is 108 Å². The van der Waals surface area contributed by atoms with E-state index in [0.29, 0.717) is 6.54 Å². The average molecular weight is 256 g/mol. The van der Waals surface area contributed by atoms with Gasteiger partial charge >= 0.3 is 5.97 Å². The summed E-state index contributed by atoms with van der Waals surface area (Å²) in [6, 6.07) is 9.97. The van der Waals surface area contributed by atoms with Gasteiger partial charge in [-0.05, 0) is 12.1 Å². The molecule has 94 valence electrons. The molecular formula is C13H18ClNO2. The number of rotatable bonds is 3. The van der Waals surface area contributed by atoms with E-state index in [9.17, 15) is 9.90 Å². The molecule has 1 N–H and O–H groups in total. The van der Waals surface area contributed by atoms with E-state index in [1.807, 2.05) is 30.3 Å². The van der Waals surface area contributed by atoms with Crippen LogP contribution in [0.5, 0.6) is 0 Å². The quantitative estimate of drug-likeness (QED) is 0.901. The van der Waals surface area contributed by atoms with Gasteiger partial charge in [-0.15, -0.1) is 12.4 Å². The Hall–Kier alpha value is -1.06. The third-order valence-electron chi connectivity index (χ3n) is 3.39. The van der Waals surface area contributed by atoms with Gasteiger partial charge in [0.15, 0.2) is 0 Å². The Kier molecular flexibility index (Phi) is 4.97. The van der Waals surface area contributed by atoms with Crippen LogP contribution >= 0.6 is 12.4 Å². The summed E-state index contributed by atoms with van der Waals surface area (Å²) in [6.45, 7) is 4.53. The van der Waals surface area contributed by atoms with Crippen molar-refractivity contribution >= 4 is 18.4 Å². The second kappa shape index (κ2) is 6.03. The Morgan fingerprint density at radius 3 is 2.53 bits per heavy atom. The van der Waals surface area contributed by atoms with E-state index in [1.165, 1.54) is 0 Å². The SMILES string of the molecule is CCN1C[C@@H](C(=O)O)[C@H](c2ccccc2)C1.Cl.